The van der Waals surface area contributed by atoms with Gasteiger partial charge in [-0.05, 0) is 30.7 Å². The minimum Gasteiger partial charge on any atom is -0.380 e. The van der Waals surface area contributed by atoms with E-state index in [9.17, 15) is 4.79 Å². The summed E-state index contributed by atoms with van der Waals surface area (Å²) >= 11 is 0. The summed E-state index contributed by atoms with van der Waals surface area (Å²) in [6, 6.07) is 9.40. The van der Waals surface area contributed by atoms with Crippen LogP contribution in [0.3, 0.4) is 0 Å². The van der Waals surface area contributed by atoms with Crippen molar-refractivity contribution < 1.29 is 9.53 Å². The molecular formula is C15H18N4O2. The third-order valence-electron chi connectivity index (χ3n) is 2.83. The molecule has 0 aliphatic heterocycles. The Morgan fingerprint density at radius 2 is 1.95 bits per heavy atom. The number of aromatic nitrogens is 2. The SMILES string of the molecule is CNC(=O)c1cc(C)nc(Nc2ccc(COC)cc2)n1. The number of carbonyl (C=O) groups excluding carboxylic acids is 1. The van der Waals surface area contributed by atoms with E-state index in [2.05, 4.69) is 20.6 Å². The van der Waals surface area contributed by atoms with E-state index in [-0.39, 0.29) is 5.91 Å². The first kappa shape index (κ1) is 14.9. The highest BCUT2D eigenvalue weighted by Crippen LogP contribution is 2.15. The van der Waals surface area contributed by atoms with Gasteiger partial charge >= 0.3 is 0 Å². The van der Waals surface area contributed by atoms with Crippen LogP contribution < -0.4 is 10.6 Å². The predicted octanol–water partition coefficient (Wildman–Crippen LogP) is 2.03. The molecule has 0 aliphatic rings. The molecule has 0 aliphatic carbocycles. The number of anilines is 2. The number of aryl methyl sites for hydroxylation is 1. The Kier molecular flexibility index (Phi) is 4.84. The van der Waals surface area contributed by atoms with Crippen molar-refractivity contribution in [1.29, 1.82) is 0 Å². The van der Waals surface area contributed by atoms with E-state index in [1.807, 2.05) is 31.2 Å². The van der Waals surface area contributed by atoms with E-state index in [0.717, 1.165) is 16.9 Å². The highest BCUT2D eigenvalue weighted by atomic mass is 16.5. The number of carbonyl (C=O) groups is 1. The van der Waals surface area contributed by atoms with E-state index in [4.69, 9.17) is 4.74 Å². The van der Waals surface area contributed by atoms with Gasteiger partial charge in [-0.3, -0.25) is 4.79 Å². The summed E-state index contributed by atoms with van der Waals surface area (Å²) in [6.07, 6.45) is 0. The van der Waals surface area contributed by atoms with Crippen LogP contribution in [0, 0.1) is 6.92 Å². The van der Waals surface area contributed by atoms with Crippen molar-refractivity contribution in [1.82, 2.24) is 15.3 Å². The third kappa shape index (κ3) is 4.00. The Hall–Kier alpha value is -2.47. The molecule has 21 heavy (non-hydrogen) atoms. The van der Waals surface area contributed by atoms with Crippen molar-refractivity contribution >= 4 is 17.5 Å². The standard InChI is InChI=1S/C15H18N4O2/c1-10-8-13(14(20)16-2)19-15(17-10)18-12-6-4-11(5-7-12)9-21-3/h4-8H,9H2,1-3H3,(H,16,20)(H,17,18,19). The van der Waals surface area contributed by atoms with Crippen molar-refractivity contribution in [2.24, 2.45) is 0 Å². The van der Waals surface area contributed by atoms with Gasteiger partial charge in [0.25, 0.3) is 5.91 Å². The van der Waals surface area contributed by atoms with E-state index in [1.165, 1.54) is 0 Å². The normalized spacial score (nSPS) is 10.2. The van der Waals surface area contributed by atoms with Gasteiger partial charge in [-0.2, -0.15) is 0 Å². The molecule has 2 rings (SSSR count). The zero-order valence-corrected chi connectivity index (χ0v) is 12.3. The monoisotopic (exact) mass is 286 g/mol. The first-order valence-electron chi connectivity index (χ1n) is 6.55. The minimum absolute atomic E-state index is 0.237. The first-order chi connectivity index (χ1) is 10.1. The van der Waals surface area contributed by atoms with Crippen molar-refractivity contribution in [2.75, 3.05) is 19.5 Å². The van der Waals surface area contributed by atoms with E-state index >= 15 is 0 Å². The van der Waals surface area contributed by atoms with Crippen molar-refractivity contribution in [3.8, 4) is 0 Å². The second kappa shape index (κ2) is 6.81. The van der Waals surface area contributed by atoms with Crippen LogP contribution in [0.1, 0.15) is 21.7 Å². The predicted molar refractivity (Wildman–Crippen MR) is 80.6 cm³/mol. The summed E-state index contributed by atoms with van der Waals surface area (Å²) in [5.41, 5.74) is 2.99. The molecule has 6 heteroatoms. The first-order valence-corrected chi connectivity index (χ1v) is 6.55. The number of amides is 1. The van der Waals surface area contributed by atoms with Crippen LogP contribution in [0.25, 0.3) is 0 Å². The lowest BCUT2D eigenvalue weighted by Gasteiger charge is -2.08. The molecule has 1 aromatic carbocycles. The fraction of sp³-hybridized carbons (Fsp3) is 0.267. The number of hydrogen-bond acceptors (Lipinski definition) is 5. The summed E-state index contributed by atoms with van der Waals surface area (Å²) < 4.78 is 5.07. The fourth-order valence-electron chi connectivity index (χ4n) is 1.85. The van der Waals surface area contributed by atoms with Crippen LogP contribution in [0.2, 0.25) is 0 Å². The lowest BCUT2D eigenvalue weighted by Crippen LogP contribution is -2.20. The molecule has 2 N–H and O–H groups in total. The van der Waals surface area contributed by atoms with Crippen LogP contribution in [-0.4, -0.2) is 30.0 Å². The van der Waals surface area contributed by atoms with E-state index in [0.29, 0.717) is 18.2 Å². The van der Waals surface area contributed by atoms with Crippen LogP contribution in [0.5, 0.6) is 0 Å². The quantitative estimate of drug-likeness (QED) is 0.879. The van der Waals surface area contributed by atoms with E-state index in [1.54, 1.807) is 20.2 Å². The summed E-state index contributed by atoms with van der Waals surface area (Å²) in [6.45, 7) is 2.39. The summed E-state index contributed by atoms with van der Waals surface area (Å²) in [5.74, 6) is 0.159. The largest absolute Gasteiger partial charge is 0.380 e. The fourth-order valence-corrected chi connectivity index (χ4v) is 1.85. The molecule has 110 valence electrons. The zero-order valence-electron chi connectivity index (χ0n) is 12.3. The average molecular weight is 286 g/mol. The summed E-state index contributed by atoms with van der Waals surface area (Å²) in [7, 11) is 3.23. The number of nitrogens with one attached hydrogen (secondary N) is 2. The van der Waals surface area contributed by atoms with Crippen LogP contribution >= 0.6 is 0 Å². The number of rotatable bonds is 5. The smallest absolute Gasteiger partial charge is 0.269 e. The lowest BCUT2D eigenvalue weighted by atomic mass is 10.2. The van der Waals surface area contributed by atoms with Gasteiger partial charge in [0.15, 0.2) is 0 Å². The molecule has 2 aromatic rings. The Labute approximate surface area is 123 Å². The lowest BCUT2D eigenvalue weighted by molar-refractivity contribution is 0.0958. The Morgan fingerprint density at radius 3 is 2.57 bits per heavy atom. The molecule has 6 nitrogen and oxygen atoms in total. The van der Waals surface area contributed by atoms with Gasteiger partial charge in [0.2, 0.25) is 5.95 Å². The molecule has 0 fully saturated rings. The molecule has 1 aromatic heterocycles. The molecule has 0 saturated heterocycles. The van der Waals surface area contributed by atoms with Crippen LogP contribution in [0.15, 0.2) is 30.3 Å². The van der Waals surface area contributed by atoms with Crippen molar-refractivity contribution in [3.05, 3.63) is 47.3 Å². The molecule has 1 heterocycles. The molecule has 0 atom stereocenters. The van der Waals surface area contributed by atoms with Gasteiger partial charge in [-0.1, -0.05) is 12.1 Å². The van der Waals surface area contributed by atoms with Gasteiger partial charge in [0.05, 0.1) is 6.61 Å². The zero-order chi connectivity index (χ0) is 15.2. The maximum atomic E-state index is 11.6. The second-order valence-corrected chi connectivity index (χ2v) is 4.55. The van der Waals surface area contributed by atoms with Gasteiger partial charge in [0.1, 0.15) is 5.69 Å². The number of ether oxygens (including phenoxy) is 1. The Balaban J connectivity index is 2.18. The van der Waals surface area contributed by atoms with Gasteiger partial charge in [-0.15, -0.1) is 0 Å². The molecule has 0 radical (unpaired) electrons. The second-order valence-electron chi connectivity index (χ2n) is 4.55. The van der Waals surface area contributed by atoms with Crippen molar-refractivity contribution in [2.45, 2.75) is 13.5 Å². The molecule has 0 saturated carbocycles. The van der Waals surface area contributed by atoms with Gasteiger partial charge in [-0.25, -0.2) is 9.97 Å². The molecule has 1 amide bonds. The highest BCUT2D eigenvalue weighted by molar-refractivity contribution is 5.92. The summed E-state index contributed by atoms with van der Waals surface area (Å²) in [4.78, 5) is 20.1. The average Bonchev–Trinajstić information content (AvgIpc) is 2.48. The number of nitrogens with zero attached hydrogens (tertiary/aromatic N) is 2. The van der Waals surface area contributed by atoms with Crippen LogP contribution in [0.4, 0.5) is 11.6 Å². The third-order valence-corrected chi connectivity index (χ3v) is 2.83. The highest BCUT2D eigenvalue weighted by Gasteiger charge is 2.08. The van der Waals surface area contributed by atoms with E-state index < -0.39 is 0 Å². The number of benzene rings is 1. The molecule has 0 bridgehead atoms. The minimum atomic E-state index is -0.237. The number of hydrogen-bond donors (Lipinski definition) is 2. The van der Waals surface area contributed by atoms with Crippen LogP contribution in [-0.2, 0) is 11.3 Å². The molecule has 0 spiro atoms. The summed E-state index contributed by atoms with van der Waals surface area (Å²) in [5, 5.41) is 5.64. The maximum absolute atomic E-state index is 11.6. The topological polar surface area (TPSA) is 76.1 Å². The van der Waals surface area contributed by atoms with Gasteiger partial charge in [0, 0.05) is 25.5 Å². The van der Waals surface area contributed by atoms with Gasteiger partial charge < -0.3 is 15.4 Å². The Morgan fingerprint density at radius 1 is 1.24 bits per heavy atom. The number of methoxy groups -OCH3 is 1. The molecule has 0 unspecified atom stereocenters. The maximum Gasteiger partial charge on any atom is 0.269 e. The van der Waals surface area contributed by atoms with Crippen molar-refractivity contribution in [3.63, 3.8) is 0 Å². The molecular weight excluding hydrogens is 268 g/mol. The Bertz CT molecular complexity index is 626.